The highest BCUT2D eigenvalue weighted by Gasteiger charge is 1.90. The second-order valence-corrected chi connectivity index (χ2v) is 1.50. The van der Waals surface area contributed by atoms with Gasteiger partial charge < -0.3 is 0 Å². The number of nitrogens with zero attached hydrogens (tertiary/aromatic N) is 2. The van der Waals surface area contributed by atoms with Crippen LogP contribution in [0.25, 0.3) is 0 Å². The zero-order chi connectivity index (χ0) is 5.98. The summed E-state index contributed by atoms with van der Waals surface area (Å²) >= 11 is 5.22. The van der Waals surface area contributed by atoms with Crippen LogP contribution in [0.1, 0.15) is 0 Å². The largest absolute Gasteiger partial charge is 0.218 e. The van der Waals surface area contributed by atoms with Crippen molar-refractivity contribution >= 4 is 11.6 Å². The summed E-state index contributed by atoms with van der Waals surface area (Å²) in [6.45, 7) is 0. The second kappa shape index (κ2) is 2.05. The van der Waals surface area contributed by atoms with Crippen LogP contribution in [0, 0.1) is 12.3 Å². The van der Waals surface area contributed by atoms with Gasteiger partial charge in [-0.2, -0.15) is 9.37 Å². The number of hydrogen-bond donors (Lipinski definition) is 0. The molecular weight excluding hydrogens is 131 g/mol. The van der Waals surface area contributed by atoms with Crippen molar-refractivity contribution in [2.24, 2.45) is 0 Å². The highest BCUT2D eigenvalue weighted by molar-refractivity contribution is 6.29. The van der Waals surface area contributed by atoms with Crippen LogP contribution in [-0.2, 0) is 0 Å². The molecule has 0 aromatic carbocycles. The van der Waals surface area contributed by atoms with Crippen LogP contribution in [0.3, 0.4) is 0 Å². The Hall–Kier alpha value is -0.700. The Labute approximate surface area is 50.3 Å². The first-order valence-electron chi connectivity index (χ1n) is 1.85. The number of hydrogen-bond acceptors (Lipinski definition) is 2. The fourth-order valence-corrected chi connectivity index (χ4v) is 0.411. The molecule has 0 atom stereocenters. The van der Waals surface area contributed by atoms with Crippen LogP contribution < -0.4 is 0 Å². The molecule has 2 nitrogen and oxygen atoms in total. The quantitative estimate of drug-likeness (QED) is 0.492. The van der Waals surface area contributed by atoms with Gasteiger partial charge in [-0.1, -0.05) is 11.6 Å². The SMILES string of the molecule is Fc1cc(Cl)n[c]n1. The molecule has 1 rings (SSSR count). The normalized spacial score (nSPS) is 9.25. The van der Waals surface area contributed by atoms with Crippen LogP contribution in [0.5, 0.6) is 0 Å². The molecule has 1 aromatic heterocycles. The first kappa shape index (κ1) is 5.44. The molecule has 0 aliphatic heterocycles. The van der Waals surface area contributed by atoms with Gasteiger partial charge in [-0.25, -0.2) is 4.98 Å². The Morgan fingerprint density at radius 2 is 2.38 bits per heavy atom. The van der Waals surface area contributed by atoms with Crippen molar-refractivity contribution in [2.75, 3.05) is 0 Å². The summed E-state index contributed by atoms with van der Waals surface area (Å²) in [5, 5.41) is 0.0671. The van der Waals surface area contributed by atoms with Crippen molar-refractivity contribution < 1.29 is 4.39 Å². The van der Waals surface area contributed by atoms with Gasteiger partial charge in [0.15, 0.2) is 0 Å². The molecule has 0 N–H and O–H groups in total. The van der Waals surface area contributed by atoms with Gasteiger partial charge in [-0.15, -0.1) is 0 Å². The molecule has 0 unspecified atom stereocenters. The highest BCUT2D eigenvalue weighted by Crippen LogP contribution is 2.00. The maximum Gasteiger partial charge on any atom is 0.218 e. The molecule has 0 aliphatic rings. The summed E-state index contributed by atoms with van der Waals surface area (Å²) in [6.07, 6.45) is 2.02. The molecule has 0 bridgehead atoms. The van der Waals surface area contributed by atoms with E-state index in [-0.39, 0.29) is 5.15 Å². The van der Waals surface area contributed by atoms with Gasteiger partial charge in [0.05, 0.1) is 0 Å². The molecule has 0 saturated carbocycles. The Morgan fingerprint density at radius 1 is 1.62 bits per heavy atom. The first-order chi connectivity index (χ1) is 3.79. The molecule has 0 amide bonds. The zero-order valence-corrected chi connectivity index (χ0v) is 4.48. The molecule has 0 fully saturated rings. The molecule has 0 spiro atoms. The number of rotatable bonds is 0. The second-order valence-electron chi connectivity index (χ2n) is 1.11. The van der Waals surface area contributed by atoms with E-state index in [2.05, 4.69) is 9.97 Å². The lowest BCUT2D eigenvalue weighted by Gasteiger charge is -1.82. The van der Waals surface area contributed by atoms with E-state index >= 15 is 0 Å². The van der Waals surface area contributed by atoms with Crippen LogP contribution in [0.4, 0.5) is 4.39 Å². The Kier molecular flexibility index (Phi) is 1.39. The Morgan fingerprint density at radius 3 is 2.75 bits per heavy atom. The summed E-state index contributed by atoms with van der Waals surface area (Å²) < 4.78 is 11.9. The summed E-state index contributed by atoms with van der Waals surface area (Å²) in [7, 11) is 0. The molecule has 1 aromatic rings. The lowest BCUT2D eigenvalue weighted by molar-refractivity contribution is 0.578. The van der Waals surface area contributed by atoms with E-state index in [1.165, 1.54) is 0 Å². The smallest absolute Gasteiger partial charge is 0.213 e. The van der Waals surface area contributed by atoms with Crippen molar-refractivity contribution in [1.29, 1.82) is 0 Å². The molecule has 8 heavy (non-hydrogen) atoms. The van der Waals surface area contributed by atoms with Gasteiger partial charge in [0.25, 0.3) is 0 Å². The van der Waals surface area contributed by atoms with Crippen LogP contribution in [0.2, 0.25) is 5.15 Å². The van der Waals surface area contributed by atoms with E-state index in [1.807, 2.05) is 6.33 Å². The van der Waals surface area contributed by atoms with E-state index in [9.17, 15) is 4.39 Å². The standard InChI is InChI=1S/C4HClFN2/c5-3-1-4(6)8-2-7-3/h1H. The summed E-state index contributed by atoms with van der Waals surface area (Å²) in [6, 6.07) is 1.01. The topological polar surface area (TPSA) is 25.8 Å². The minimum Gasteiger partial charge on any atom is -0.213 e. The van der Waals surface area contributed by atoms with Crippen LogP contribution in [-0.4, -0.2) is 9.97 Å². The van der Waals surface area contributed by atoms with Gasteiger partial charge in [-0.3, -0.25) is 0 Å². The number of aromatic nitrogens is 2. The predicted molar refractivity (Wildman–Crippen MR) is 25.8 cm³/mol. The maximum absolute atomic E-state index is 11.9. The van der Waals surface area contributed by atoms with Crippen molar-refractivity contribution in [1.82, 2.24) is 9.97 Å². The maximum atomic E-state index is 11.9. The predicted octanol–water partition coefficient (Wildman–Crippen LogP) is 1.07. The van der Waals surface area contributed by atoms with Crippen LogP contribution in [0.15, 0.2) is 6.07 Å². The van der Waals surface area contributed by atoms with Crippen molar-refractivity contribution in [2.45, 2.75) is 0 Å². The molecule has 1 heterocycles. The molecular formula is C4HClFN2. The van der Waals surface area contributed by atoms with E-state index in [1.54, 1.807) is 0 Å². The third kappa shape index (κ3) is 1.13. The monoisotopic (exact) mass is 131 g/mol. The summed E-state index contributed by atoms with van der Waals surface area (Å²) in [5.41, 5.74) is 0. The van der Waals surface area contributed by atoms with Gasteiger partial charge in [-0.05, 0) is 0 Å². The minimum absolute atomic E-state index is 0.0671. The number of halogens is 2. The lowest BCUT2D eigenvalue weighted by atomic mass is 10.7. The lowest BCUT2D eigenvalue weighted by Crippen LogP contribution is -1.82. The fourth-order valence-electron chi connectivity index (χ4n) is 0.283. The van der Waals surface area contributed by atoms with Gasteiger partial charge >= 0.3 is 0 Å². The molecule has 0 aliphatic carbocycles. The third-order valence-electron chi connectivity index (χ3n) is 0.552. The van der Waals surface area contributed by atoms with E-state index in [4.69, 9.17) is 11.6 Å². The Bertz CT molecular complexity index is 174. The van der Waals surface area contributed by atoms with Gasteiger partial charge in [0.2, 0.25) is 12.3 Å². The molecule has 0 saturated heterocycles. The van der Waals surface area contributed by atoms with E-state index < -0.39 is 5.95 Å². The van der Waals surface area contributed by atoms with Crippen molar-refractivity contribution in [3.8, 4) is 0 Å². The molecule has 41 valence electrons. The van der Waals surface area contributed by atoms with Gasteiger partial charge in [0, 0.05) is 6.07 Å². The van der Waals surface area contributed by atoms with Gasteiger partial charge in [0.1, 0.15) is 5.15 Å². The average molecular weight is 132 g/mol. The molecule has 1 radical (unpaired) electrons. The zero-order valence-electron chi connectivity index (χ0n) is 3.73. The van der Waals surface area contributed by atoms with E-state index in [0.717, 1.165) is 6.07 Å². The van der Waals surface area contributed by atoms with Crippen molar-refractivity contribution in [3.05, 3.63) is 23.5 Å². The Balaban J connectivity index is 3.08. The molecule has 4 heteroatoms. The fraction of sp³-hybridized carbons (Fsp3) is 0. The average Bonchev–Trinajstić information content (AvgIpc) is 1.64. The van der Waals surface area contributed by atoms with Crippen molar-refractivity contribution in [3.63, 3.8) is 0 Å². The summed E-state index contributed by atoms with van der Waals surface area (Å²) in [5.74, 6) is -0.662. The van der Waals surface area contributed by atoms with Crippen LogP contribution >= 0.6 is 11.6 Å². The minimum atomic E-state index is -0.662. The summed E-state index contributed by atoms with van der Waals surface area (Å²) in [4.78, 5) is 6.38. The highest BCUT2D eigenvalue weighted by atomic mass is 35.5. The first-order valence-corrected chi connectivity index (χ1v) is 2.23. The van der Waals surface area contributed by atoms with E-state index in [0.29, 0.717) is 0 Å². The third-order valence-corrected chi connectivity index (χ3v) is 0.745.